The molecule has 0 spiro atoms. The van der Waals surface area contributed by atoms with E-state index in [4.69, 9.17) is 9.47 Å². The molecule has 6 nitrogen and oxygen atoms in total. The van der Waals surface area contributed by atoms with Gasteiger partial charge in [0, 0.05) is 35.2 Å². The van der Waals surface area contributed by atoms with Gasteiger partial charge in [-0.2, -0.15) is 0 Å². The first-order valence-electron chi connectivity index (χ1n) is 13.5. The Morgan fingerprint density at radius 1 is 0.923 bits per heavy atom. The van der Waals surface area contributed by atoms with Crippen LogP contribution in [0.3, 0.4) is 0 Å². The highest BCUT2D eigenvalue weighted by molar-refractivity contribution is 5.99. The molecule has 204 valence electrons. The van der Waals surface area contributed by atoms with Crippen LogP contribution < -0.4 is 10.1 Å². The van der Waals surface area contributed by atoms with Crippen LogP contribution in [0.15, 0.2) is 66.7 Å². The minimum Gasteiger partial charge on any atom is -0.479 e. The zero-order chi connectivity index (χ0) is 28.1. The van der Waals surface area contributed by atoms with Gasteiger partial charge in [-0.25, -0.2) is 4.79 Å². The number of methoxy groups -OCH3 is 1. The van der Waals surface area contributed by atoms with Gasteiger partial charge in [-0.3, -0.25) is 4.79 Å². The molecule has 1 aromatic heterocycles. The summed E-state index contributed by atoms with van der Waals surface area (Å²) in [5.41, 5.74) is 7.61. The lowest BCUT2D eigenvalue weighted by Gasteiger charge is -2.14. The number of esters is 1. The predicted molar refractivity (Wildman–Crippen MR) is 156 cm³/mol. The van der Waals surface area contributed by atoms with Gasteiger partial charge < -0.3 is 19.4 Å². The normalized spacial score (nSPS) is 12.0. The maximum atomic E-state index is 13.0. The highest BCUT2D eigenvalue weighted by Crippen LogP contribution is 2.28. The number of aryl methyl sites for hydroxylation is 1. The summed E-state index contributed by atoms with van der Waals surface area (Å²) in [6, 6.07) is 22.2. The minimum atomic E-state index is -0.684. The van der Waals surface area contributed by atoms with Crippen LogP contribution in [0.25, 0.3) is 10.9 Å². The molecule has 1 heterocycles. The van der Waals surface area contributed by atoms with Crippen LogP contribution in [-0.2, 0) is 22.5 Å². The fourth-order valence-corrected chi connectivity index (χ4v) is 4.84. The second-order valence-corrected chi connectivity index (χ2v) is 10.4. The Balaban J connectivity index is 1.47. The van der Waals surface area contributed by atoms with E-state index >= 15 is 0 Å². The van der Waals surface area contributed by atoms with Crippen molar-refractivity contribution < 1.29 is 19.1 Å². The molecule has 0 unspecified atom stereocenters. The Bertz CT molecular complexity index is 1480. The molecule has 3 aromatic carbocycles. The summed E-state index contributed by atoms with van der Waals surface area (Å²) >= 11 is 0. The first-order valence-corrected chi connectivity index (χ1v) is 13.5. The molecular weight excluding hydrogens is 488 g/mol. The molecule has 6 heteroatoms. The van der Waals surface area contributed by atoms with Crippen molar-refractivity contribution in [3.8, 4) is 5.75 Å². The standard InChI is InChI=1S/C33H38N2O4/c1-21(2)27-11-7-9-25(17-27)15-16-34-32(36)28-13-14-31-30(19-28)22(3)23(4)35(31)20-26-10-8-12-29(18-26)39-24(5)33(37)38-6/h7-14,17-19,21,24H,15-16,20H2,1-6H3,(H,34,36)/t24-/m1/s1. The highest BCUT2D eigenvalue weighted by Gasteiger charge is 2.17. The van der Waals surface area contributed by atoms with E-state index in [0.717, 1.165) is 34.1 Å². The van der Waals surface area contributed by atoms with E-state index in [1.807, 2.05) is 42.5 Å². The van der Waals surface area contributed by atoms with E-state index in [2.05, 4.69) is 61.8 Å². The number of fused-ring (bicyclic) bond motifs is 1. The first kappa shape index (κ1) is 28.0. The maximum absolute atomic E-state index is 13.0. The molecule has 1 atom stereocenters. The third-order valence-electron chi connectivity index (χ3n) is 7.30. The maximum Gasteiger partial charge on any atom is 0.346 e. The number of carbonyl (C=O) groups is 2. The van der Waals surface area contributed by atoms with Gasteiger partial charge in [0.15, 0.2) is 6.10 Å². The Morgan fingerprint density at radius 2 is 1.67 bits per heavy atom. The topological polar surface area (TPSA) is 69.6 Å². The summed E-state index contributed by atoms with van der Waals surface area (Å²) in [5, 5.41) is 4.15. The van der Waals surface area contributed by atoms with Gasteiger partial charge in [0.25, 0.3) is 5.91 Å². The molecule has 1 amide bonds. The van der Waals surface area contributed by atoms with Crippen LogP contribution in [0, 0.1) is 13.8 Å². The average Bonchev–Trinajstić information content (AvgIpc) is 3.17. The molecule has 4 rings (SSSR count). The summed E-state index contributed by atoms with van der Waals surface area (Å²) in [6.45, 7) is 11.5. The van der Waals surface area contributed by atoms with Crippen LogP contribution >= 0.6 is 0 Å². The average molecular weight is 527 g/mol. The third-order valence-corrected chi connectivity index (χ3v) is 7.30. The van der Waals surface area contributed by atoms with E-state index < -0.39 is 12.1 Å². The summed E-state index contributed by atoms with van der Waals surface area (Å²) in [4.78, 5) is 24.7. The Kier molecular flexibility index (Phi) is 8.75. The molecule has 0 radical (unpaired) electrons. The molecule has 0 aliphatic carbocycles. The van der Waals surface area contributed by atoms with Gasteiger partial charge in [-0.15, -0.1) is 0 Å². The number of nitrogens with one attached hydrogen (secondary N) is 1. The summed E-state index contributed by atoms with van der Waals surface area (Å²) in [6.07, 6.45) is 0.112. The Labute approximate surface area is 230 Å². The monoisotopic (exact) mass is 526 g/mol. The van der Waals surface area contributed by atoms with Crippen molar-refractivity contribution in [2.75, 3.05) is 13.7 Å². The summed E-state index contributed by atoms with van der Waals surface area (Å²) in [7, 11) is 1.35. The second kappa shape index (κ2) is 12.2. The SMILES string of the molecule is COC(=O)[C@@H](C)Oc1cccc(Cn2c(C)c(C)c3cc(C(=O)NCCc4cccc(C(C)C)c4)ccc32)c1. The number of rotatable bonds is 10. The molecular formula is C33H38N2O4. The molecule has 0 fully saturated rings. The highest BCUT2D eigenvalue weighted by atomic mass is 16.6. The van der Waals surface area contributed by atoms with Crippen LogP contribution in [0.5, 0.6) is 5.75 Å². The molecule has 1 N–H and O–H groups in total. The molecule has 0 saturated heterocycles. The van der Waals surface area contributed by atoms with E-state index in [9.17, 15) is 9.59 Å². The molecule has 0 aliphatic rings. The van der Waals surface area contributed by atoms with Crippen molar-refractivity contribution in [3.05, 3.63) is 100 Å². The number of amides is 1. The van der Waals surface area contributed by atoms with Crippen LogP contribution in [-0.4, -0.2) is 36.2 Å². The van der Waals surface area contributed by atoms with Crippen LogP contribution in [0.2, 0.25) is 0 Å². The quantitative estimate of drug-likeness (QED) is 0.245. The number of carbonyl (C=O) groups excluding carboxylic acids is 2. The number of aromatic nitrogens is 1. The number of hydrogen-bond acceptors (Lipinski definition) is 4. The van der Waals surface area contributed by atoms with Crippen molar-refractivity contribution in [2.45, 2.75) is 59.6 Å². The van der Waals surface area contributed by atoms with Gasteiger partial charge in [-0.1, -0.05) is 50.2 Å². The van der Waals surface area contributed by atoms with Crippen LogP contribution in [0.1, 0.15) is 65.0 Å². The van der Waals surface area contributed by atoms with Gasteiger partial charge >= 0.3 is 5.97 Å². The van der Waals surface area contributed by atoms with Crippen molar-refractivity contribution >= 4 is 22.8 Å². The Morgan fingerprint density at radius 3 is 2.41 bits per heavy atom. The molecule has 0 aliphatic heterocycles. The van der Waals surface area contributed by atoms with E-state index in [0.29, 0.717) is 30.3 Å². The molecule has 4 aromatic rings. The zero-order valence-electron chi connectivity index (χ0n) is 23.7. The number of hydrogen-bond donors (Lipinski definition) is 1. The van der Waals surface area contributed by atoms with Gasteiger partial charge in [0.05, 0.1) is 7.11 Å². The third kappa shape index (κ3) is 6.51. The minimum absolute atomic E-state index is 0.0636. The van der Waals surface area contributed by atoms with Gasteiger partial charge in [0.2, 0.25) is 0 Å². The Hall–Kier alpha value is -4.06. The number of ether oxygens (including phenoxy) is 2. The van der Waals surface area contributed by atoms with Crippen molar-refractivity contribution in [1.29, 1.82) is 0 Å². The summed E-state index contributed by atoms with van der Waals surface area (Å²) in [5.74, 6) is 0.624. The smallest absolute Gasteiger partial charge is 0.346 e. The molecule has 0 bridgehead atoms. The van der Waals surface area contributed by atoms with Crippen molar-refractivity contribution in [1.82, 2.24) is 9.88 Å². The fourth-order valence-electron chi connectivity index (χ4n) is 4.84. The van der Waals surface area contributed by atoms with Gasteiger partial charge in [0.1, 0.15) is 5.75 Å². The molecule has 0 saturated carbocycles. The lowest BCUT2D eigenvalue weighted by molar-refractivity contribution is -0.147. The van der Waals surface area contributed by atoms with Gasteiger partial charge in [-0.05, 0) is 85.7 Å². The fraction of sp³-hybridized carbons (Fsp3) is 0.333. The van der Waals surface area contributed by atoms with Crippen LogP contribution in [0.4, 0.5) is 0 Å². The van der Waals surface area contributed by atoms with E-state index in [-0.39, 0.29) is 5.91 Å². The largest absolute Gasteiger partial charge is 0.479 e. The lowest BCUT2D eigenvalue weighted by atomic mass is 10.00. The zero-order valence-corrected chi connectivity index (χ0v) is 23.7. The predicted octanol–water partition coefficient (Wildman–Crippen LogP) is 6.34. The second-order valence-electron chi connectivity index (χ2n) is 10.4. The van der Waals surface area contributed by atoms with E-state index in [1.165, 1.54) is 18.2 Å². The number of benzene rings is 3. The van der Waals surface area contributed by atoms with Crippen molar-refractivity contribution in [2.24, 2.45) is 0 Å². The molecule has 39 heavy (non-hydrogen) atoms. The lowest BCUT2D eigenvalue weighted by Crippen LogP contribution is -2.25. The number of nitrogens with zero attached hydrogens (tertiary/aromatic N) is 1. The van der Waals surface area contributed by atoms with E-state index in [1.54, 1.807) is 6.92 Å². The first-order chi connectivity index (χ1) is 18.7. The van der Waals surface area contributed by atoms with Crippen molar-refractivity contribution in [3.63, 3.8) is 0 Å². The summed E-state index contributed by atoms with van der Waals surface area (Å²) < 4.78 is 12.8.